The summed E-state index contributed by atoms with van der Waals surface area (Å²) in [7, 11) is 0. The number of para-hydroxylation sites is 1. The van der Waals surface area contributed by atoms with Crippen LogP contribution in [0.2, 0.25) is 0 Å². The third-order valence-corrected chi connectivity index (χ3v) is 6.91. The Morgan fingerprint density at radius 2 is 1.96 bits per heavy atom. The Morgan fingerprint density at radius 3 is 2.86 bits per heavy atom. The summed E-state index contributed by atoms with van der Waals surface area (Å²) in [6, 6.07) is 15.1. The lowest BCUT2D eigenvalue weighted by Crippen LogP contribution is -2.35. The van der Waals surface area contributed by atoms with Gasteiger partial charge in [-0.15, -0.1) is 11.8 Å². The smallest absolute Gasteiger partial charge is 0.233 e. The highest BCUT2D eigenvalue weighted by Crippen LogP contribution is 2.30. The van der Waals surface area contributed by atoms with Gasteiger partial charge in [-0.25, -0.2) is 0 Å². The van der Waals surface area contributed by atoms with Gasteiger partial charge in [-0.3, -0.25) is 4.79 Å². The highest BCUT2D eigenvalue weighted by atomic mass is 32.2. The van der Waals surface area contributed by atoms with Crippen LogP contribution in [0.15, 0.2) is 59.6 Å². The quantitative estimate of drug-likeness (QED) is 0.634. The molecule has 1 aromatic heterocycles. The van der Waals surface area contributed by atoms with E-state index in [2.05, 4.69) is 59.7 Å². The average Bonchev–Trinajstić information content (AvgIpc) is 3.38. The third-order valence-electron chi connectivity index (χ3n) is 5.93. The molecule has 0 saturated carbocycles. The molecule has 1 N–H and O–H groups in total. The summed E-state index contributed by atoms with van der Waals surface area (Å²) in [4.78, 5) is 19.2. The predicted octanol–water partition coefficient (Wildman–Crippen LogP) is 5.06. The van der Waals surface area contributed by atoms with Crippen molar-refractivity contribution in [1.82, 2.24) is 9.88 Å². The van der Waals surface area contributed by atoms with Crippen LogP contribution in [0.5, 0.6) is 0 Å². The first-order chi connectivity index (χ1) is 13.8. The van der Waals surface area contributed by atoms with Crippen LogP contribution in [0.25, 0.3) is 16.5 Å². The summed E-state index contributed by atoms with van der Waals surface area (Å²) < 4.78 is 0. The summed E-state index contributed by atoms with van der Waals surface area (Å²) >= 11 is 1.67. The molecule has 0 bridgehead atoms. The van der Waals surface area contributed by atoms with Crippen molar-refractivity contribution in [1.29, 1.82) is 0 Å². The molecule has 1 aliphatic carbocycles. The van der Waals surface area contributed by atoms with Crippen molar-refractivity contribution in [3.63, 3.8) is 0 Å². The molecule has 0 spiro atoms. The first-order valence-corrected chi connectivity index (χ1v) is 11.0. The third kappa shape index (κ3) is 3.37. The number of benzene rings is 2. The second-order valence-electron chi connectivity index (χ2n) is 7.64. The van der Waals surface area contributed by atoms with E-state index in [0.29, 0.717) is 12.3 Å². The van der Waals surface area contributed by atoms with Gasteiger partial charge < -0.3 is 9.88 Å². The zero-order valence-corrected chi connectivity index (χ0v) is 16.7. The van der Waals surface area contributed by atoms with Crippen molar-refractivity contribution in [3.8, 4) is 0 Å². The fourth-order valence-electron chi connectivity index (χ4n) is 4.35. The number of rotatable bonds is 4. The highest BCUT2D eigenvalue weighted by molar-refractivity contribution is 8.00. The van der Waals surface area contributed by atoms with Crippen LogP contribution in [0.3, 0.4) is 0 Å². The predicted molar refractivity (Wildman–Crippen MR) is 117 cm³/mol. The van der Waals surface area contributed by atoms with Crippen LogP contribution >= 0.6 is 11.8 Å². The normalized spacial score (nSPS) is 16.3. The van der Waals surface area contributed by atoms with E-state index in [0.717, 1.165) is 13.0 Å². The van der Waals surface area contributed by atoms with Crippen molar-refractivity contribution in [3.05, 3.63) is 71.4 Å². The fourth-order valence-corrected chi connectivity index (χ4v) is 5.21. The van der Waals surface area contributed by atoms with Gasteiger partial charge in [0.2, 0.25) is 5.91 Å². The minimum absolute atomic E-state index is 0.236. The summed E-state index contributed by atoms with van der Waals surface area (Å²) in [5.41, 5.74) is 6.74. The van der Waals surface area contributed by atoms with Gasteiger partial charge >= 0.3 is 0 Å². The molecule has 0 atom stereocenters. The Morgan fingerprint density at radius 1 is 1.07 bits per heavy atom. The van der Waals surface area contributed by atoms with Crippen molar-refractivity contribution in [2.24, 2.45) is 0 Å². The van der Waals surface area contributed by atoms with Gasteiger partial charge in [-0.05, 0) is 60.6 Å². The van der Waals surface area contributed by atoms with E-state index in [-0.39, 0.29) is 5.91 Å². The lowest BCUT2D eigenvalue weighted by molar-refractivity contribution is -0.127. The molecular formula is C24H24N2OS. The van der Waals surface area contributed by atoms with Gasteiger partial charge in [0.1, 0.15) is 0 Å². The number of hydrogen-bond acceptors (Lipinski definition) is 2. The topological polar surface area (TPSA) is 36.1 Å². The number of carbonyl (C=O) groups is 1. The number of hydrogen-bond donors (Lipinski definition) is 1. The van der Waals surface area contributed by atoms with E-state index in [1.54, 1.807) is 11.8 Å². The van der Waals surface area contributed by atoms with Crippen molar-refractivity contribution in [2.75, 3.05) is 18.8 Å². The second-order valence-corrected chi connectivity index (χ2v) is 8.69. The summed E-state index contributed by atoms with van der Waals surface area (Å²) in [6.07, 6.45) is 8.89. The summed E-state index contributed by atoms with van der Waals surface area (Å²) in [6.45, 7) is 1.51. The average molecular weight is 389 g/mol. The molecule has 2 aliphatic rings. The molecule has 0 unspecified atom stereocenters. The number of aromatic amines is 1. The molecule has 3 nitrogen and oxygen atoms in total. The molecule has 2 heterocycles. The maximum Gasteiger partial charge on any atom is 0.233 e. The number of amides is 1. The molecule has 2 aromatic carbocycles. The van der Waals surface area contributed by atoms with E-state index in [4.69, 9.17) is 0 Å². The maximum atomic E-state index is 12.7. The van der Waals surface area contributed by atoms with Crippen LogP contribution in [-0.4, -0.2) is 34.6 Å². The maximum absolute atomic E-state index is 12.7. The molecule has 4 heteroatoms. The molecular weight excluding hydrogens is 364 g/mol. The van der Waals surface area contributed by atoms with Gasteiger partial charge in [0.15, 0.2) is 0 Å². The Kier molecular flexibility index (Phi) is 4.73. The number of carbonyl (C=O) groups excluding carboxylic acids is 1. The molecule has 5 rings (SSSR count). The minimum atomic E-state index is 0.236. The number of thioether (sulfide) groups is 1. The first-order valence-electron chi connectivity index (χ1n) is 10.1. The van der Waals surface area contributed by atoms with E-state index in [9.17, 15) is 4.79 Å². The Bertz CT molecular complexity index is 1070. The van der Waals surface area contributed by atoms with Crippen LogP contribution < -0.4 is 0 Å². The number of fused-ring (bicyclic) bond motifs is 2. The fraction of sp³-hybridized carbons (Fsp3) is 0.292. The summed E-state index contributed by atoms with van der Waals surface area (Å²) in [5, 5.41) is 1.26. The molecule has 0 saturated heterocycles. The van der Waals surface area contributed by atoms with Crippen molar-refractivity contribution < 1.29 is 4.79 Å². The van der Waals surface area contributed by atoms with Crippen molar-refractivity contribution in [2.45, 2.75) is 30.6 Å². The van der Waals surface area contributed by atoms with E-state index in [1.807, 2.05) is 4.90 Å². The van der Waals surface area contributed by atoms with Crippen LogP contribution in [0.4, 0.5) is 0 Å². The number of H-pyrrole nitrogens is 1. The van der Waals surface area contributed by atoms with E-state index < -0.39 is 0 Å². The van der Waals surface area contributed by atoms with Crippen LogP contribution in [-0.2, 0) is 17.6 Å². The SMILES string of the molecule is O=C(CSc1ccc2c(c1)CCC2)N1CC=C(c2c[nH]c3ccccc23)CC1. The molecule has 142 valence electrons. The number of aromatic nitrogens is 1. The zero-order valence-electron chi connectivity index (χ0n) is 15.9. The first kappa shape index (κ1) is 17.6. The van der Waals surface area contributed by atoms with Crippen molar-refractivity contribution >= 4 is 34.1 Å². The van der Waals surface area contributed by atoms with Gasteiger partial charge in [0.25, 0.3) is 0 Å². The Labute approximate surface area is 169 Å². The number of aryl methyl sites for hydroxylation is 2. The Hall–Kier alpha value is -2.46. The monoisotopic (exact) mass is 388 g/mol. The van der Waals surface area contributed by atoms with Gasteiger partial charge in [0, 0.05) is 40.6 Å². The summed E-state index contributed by atoms with van der Waals surface area (Å²) in [5.74, 6) is 0.759. The minimum Gasteiger partial charge on any atom is -0.361 e. The molecule has 0 radical (unpaired) electrons. The van der Waals surface area contributed by atoms with Crippen LogP contribution in [0, 0.1) is 0 Å². The van der Waals surface area contributed by atoms with Crippen LogP contribution in [0.1, 0.15) is 29.5 Å². The number of nitrogens with one attached hydrogen (secondary N) is 1. The molecule has 1 amide bonds. The number of nitrogens with zero attached hydrogens (tertiary/aromatic N) is 1. The van der Waals surface area contributed by atoms with E-state index >= 15 is 0 Å². The molecule has 28 heavy (non-hydrogen) atoms. The lowest BCUT2D eigenvalue weighted by Gasteiger charge is -2.26. The Balaban J connectivity index is 1.22. The van der Waals surface area contributed by atoms with Gasteiger partial charge in [-0.2, -0.15) is 0 Å². The van der Waals surface area contributed by atoms with Gasteiger partial charge in [0.05, 0.1) is 5.75 Å². The molecule has 1 aliphatic heterocycles. The highest BCUT2D eigenvalue weighted by Gasteiger charge is 2.20. The largest absolute Gasteiger partial charge is 0.361 e. The lowest BCUT2D eigenvalue weighted by atomic mass is 9.99. The van der Waals surface area contributed by atoms with E-state index in [1.165, 1.54) is 57.3 Å². The molecule has 3 aromatic rings. The second kappa shape index (κ2) is 7.51. The molecule has 0 fully saturated rings. The standard InChI is InChI=1S/C24H24N2OS/c27-24(16-28-20-9-8-17-4-3-5-19(17)14-20)26-12-10-18(11-13-26)22-15-25-23-7-2-1-6-21(22)23/h1-2,6-10,14-15,25H,3-5,11-13,16H2. The zero-order chi connectivity index (χ0) is 18.9. The van der Waals surface area contributed by atoms with Gasteiger partial charge in [-0.1, -0.05) is 30.3 Å².